The fraction of sp³-hybridized carbons (Fsp3) is 0.350. The van der Waals surface area contributed by atoms with Gasteiger partial charge in [-0.25, -0.2) is 4.39 Å². The third-order valence-electron chi connectivity index (χ3n) is 5.28. The molecule has 1 aromatic carbocycles. The number of carbonyl (C=O) groups excluding carboxylic acids is 1. The molecule has 1 saturated heterocycles. The number of anilines is 1. The van der Waals surface area contributed by atoms with E-state index in [1.807, 2.05) is 0 Å². The molecule has 1 aliphatic heterocycles. The Labute approximate surface area is 159 Å². The van der Waals surface area contributed by atoms with Gasteiger partial charge in [0.2, 0.25) is 5.91 Å². The lowest BCUT2D eigenvalue weighted by atomic mass is 9.99. The zero-order valence-corrected chi connectivity index (χ0v) is 15.5. The van der Waals surface area contributed by atoms with Gasteiger partial charge in [-0.2, -0.15) is 4.98 Å². The number of amides is 1. The predicted molar refractivity (Wildman–Crippen MR) is 100 cm³/mol. The maximum Gasteiger partial charge on any atom is 0.268 e. The van der Waals surface area contributed by atoms with E-state index in [0.29, 0.717) is 30.4 Å². The number of aryl methyl sites for hydroxylation is 2. The molecule has 1 atom stereocenters. The second kappa shape index (κ2) is 6.56. The highest BCUT2D eigenvalue weighted by atomic mass is 32.1. The van der Waals surface area contributed by atoms with E-state index >= 15 is 0 Å². The molecule has 0 bridgehead atoms. The summed E-state index contributed by atoms with van der Waals surface area (Å²) in [5.74, 6) is 0.661. The Morgan fingerprint density at radius 1 is 1.19 bits per heavy atom. The summed E-state index contributed by atoms with van der Waals surface area (Å²) in [4.78, 5) is 21.1. The van der Waals surface area contributed by atoms with E-state index in [9.17, 15) is 9.18 Å². The van der Waals surface area contributed by atoms with Gasteiger partial charge in [0.05, 0.1) is 4.88 Å². The van der Waals surface area contributed by atoms with Crippen LogP contribution in [0, 0.1) is 5.82 Å². The standard InChI is InChI=1S/C20H18FN3O2S/c21-14-5-7-15(8-6-14)24-11-13(10-18(24)25)19-22-20(26-23-19)17-9-12-3-1-2-4-16(12)27-17/h5-9,13H,1-4,10-11H2. The molecule has 1 unspecified atom stereocenters. The van der Waals surface area contributed by atoms with Crippen LogP contribution in [0.25, 0.3) is 10.8 Å². The van der Waals surface area contributed by atoms with E-state index in [1.54, 1.807) is 28.4 Å². The topological polar surface area (TPSA) is 59.2 Å². The van der Waals surface area contributed by atoms with Crippen molar-refractivity contribution in [2.45, 2.75) is 38.0 Å². The lowest BCUT2D eigenvalue weighted by molar-refractivity contribution is -0.117. The van der Waals surface area contributed by atoms with Crippen molar-refractivity contribution in [3.05, 3.63) is 52.4 Å². The molecule has 1 fully saturated rings. The number of fused-ring (bicyclic) bond motifs is 1. The number of nitrogens with zero attached hydrogens (tertiary/aromatic N) is 3. The third kappa shape index (κ3) is 3.06. The van der Waals surface area contributed by atoms with Gasteiger partial charge in [0.1, 0.15) is 5.82 Å². The van der Waals surface area contributed by atoms with E-state index in [4.69, 9.17) is 4.52 Å². The summed E-state index contributed by atoms with van der Waals surface area (Å²) in [5.41, 5.74) is 2.10. The number of rotatable bonds is 3. The normalized spacial score (nSPS) is 19.5. The van der Waals surface area contributed by atoms with Crippen molar-refractivity contribution in [3.63, 3.8) is 0 Å². The van der Waals surface area contributed by atoms with Crippen LogP contribution in [-0.2, 0) is 17.6 Å². The summed E-state index contributed by atoms with van der Waals surface area (Å²) in [5, 5.41) is 4.14. The molecular weight excluding hydrogens is 365 g/mol. The molecule has 0 radical (unpaired) electrons. The highest BCUT2D eigenvalue weighted by molar-refractivity contribution is 7.15. The van der Waals surface area contributed by atoms with Gasteiger partial charge in [0, 0.05) is 29.4 Å². The molecule has 7 heteroatoms. The summed E-state index contributed by atoms with van der Waals surface area (Å²) < 4.78 is 18.6. The van der Waals surface area contributed by atoms with Gasteiger partial charge in [-0.3, -0.25) is 4.79 Å². The Kier molecular flexibility index (Phi) is 4.04. The minimum Gasteiger partial charge on any atom is -0.333 e. The quantitative estimate of drug-likeness (QED) is 0.675. The van der Waals surface area contributed by atoms with Crippen molar-refractivity contribution in [2.24, 2.45) is 0 Å². The maximum absolute atomic E-state index is 13.1. The highest BCUT2D eigenvalue weighted by Gasteiger charge is 2.34. The zero-order chi connectivity index (χ0) is 18.4. The van der Waals surface area contributed by atoms with Crippen LogP contribution in [0.15, 0.2) is 34.9 Å². The van der Waals surface area contributed by atoms with E-state index < -0.39 is 0 Å². The van der Waals surface area contributed by atoms with Crippen LogP contribution in [-0.4, -0.2) is 22.6 Å². The minimum atomic E-state index is -0.316. The van der Waals surface area contributed by atoms with E-state index in [0.717, 1.165) is 17.7 Å². The summed E-state index contributed by atoms with van der Waals surface area (Å²) in [6.45, 7) is 0.477. The molecule has 27 heavy (non-hydrogen) atoms. The van der Waals surface area contributed by atoms with Crippen molar-refractivity contribution < 1.29 is 13.7 Å². The number of hydrogen-bond donors (Lipinski definition) is 0. The van der Waals surface area contributed by atoms with Gasteiger partial charge in [-0.1, -0.05) is 5.16 Å². The summed E-state index contributed by atoms with van der Waals surface area (Å²) >= 11 is 1.73. The molecule has 0 N–H and O–H groups in total. The molecule has 138 valence electrons. The fourth-order valence-electron chi connectivity index (χ4n) is 3.85. The summed E-state index contributed by atoms with van der Waals surface area (Å²) in [7, 11) is 0. The van der Waals surface area contributed by atoms with E-state index in [2.05, 4.69) is 16.2 Å². The summed E-state index contributed by atoms with van der Waals surface area (Å²) in [6, 6.07) is 8.13. The second-order valence-corrected chi connectivity index (χ2v) is 8.24. The Balaban J connectivity index is 1.36. The minimum absolute atomic E-state index is 0.00968. The summed E-state index contributed by atoms with van der Waals surface area (Å²) in [6.07, 6.45) is 5.06. The monoisotopic (exact) mass is 383 g/mol. The second-order valence-electron chi connectivity index (χ2n) is 7.11. The average molecular weight is 383 g/mol. The first kappa shape index (κ1) is 16.6. The van der Waals surface area contributed by atoms with Crippen molar-refractivity contribution in [1.82, 2.24) is 10.1 Å². The first-order valence-corrected chi connectivity index (χ1v) is 10.0. The van der Waals surface area contributed by atoms with Gasteiger partial charge < -0.3 is 9.42 Å². The number of carbonyl (C=O) groups is 1. The lowest BCUT2D eigenvalue weighted by Gasteiger charge is -2.15. The van der Waals surface area contributed by atoms with Gasteiger partial charge in [0.15, 0.2) is 5.82 Å². The SMILES string of the molecule is O=C1CC(c2noc(-c3cc4c(s3)CCCC4)n2)CN1c1ccc(F)cc1. The molecule has 0 saturated carbocycles. The van der Waals surface area contributed by atoms with Crippen molar-refractivity contribution in [2.75, 3.05) is 11.4 Å². The van der Waals surface area contributed by atoms with Crippen LogP contribution in [0.3, 0.4) is 0 Å². The van der Waals surface area contributed by atoms with Crippen molar-refractivity contribution in [1.29, 1.82) is 0 Å². The Bertz CT molecular complexity index is 972. The first-order chi connectivity index (χ1) is 13.2. The van der Waals surface area contributed by atoms with Gasteiger partial charge in [-0.05, 0) is 61.6 Å². The van der Waals surface area contributed by atoms with Gasteiger partial charge >= 0.3 is 0 Å². The van der Waals surface area contributed by atoms with E-state index in [1.165, 1.54) is 35.4 Å². The number of halogens is 1. The molecule has 3 aromatic rings. The van der Waals surface area contributed by atoms with Crippen molar-refractivity contribution in [3.8, 4) is 10.8 Å². The fourth-order valence-corrected chi connectivity index (χ4v) is 5.02. The first-order valence-electron chi connectivity index (χ1n) is 9.19. The third-order valence-corrected chi connectivity index (χ3v) is 6.50. The van der Waals surface area contributed by atoms with Crippen LogP contribution < -0.4 is 4.90 Å². The molecule has 1 aliphatic carbocycles. The van der Waals surface area contributed by atoms with Crippen LogP contribution >= 0.6 is 11.3 Å². The van der Waals surface area contributed by atoms with Crippen molar-refractivity contribution >= 4 is 22.9 Å². The Morgan fingerprint density at radius 3 is 2.81 bits per heavy atom. The van der Waals surface area contributed by atoms with Crippen LogP contribution in [0.1, 0.15) is 41.4 Å². The van der Waals surface area contributed by atoms with Gasteiger partial charge in [-0.15, -0.1) is 11.3 Å². The Hall–Kier alpha value is -2.54. The maximum atomic E-state index is 13.1. The Morgan fingerprint density at radius 2 is 2.00 bits per heavy atom. The molecule has 2 aromatic heterocycles. The van der Waals surface area contributed by atoms with E-state index in [-0.39, 0.29) is 17.6 Å². The number of benzene rings is 1. The predicted octanol–water partition coefficient (Wildman–Crippen LogP) is 4.34. The lowest BCUT2D eigenvalue weighted by Crippen LogP contribution is -2.24. The molecule has 0 spiro atoms. The number of aromatic nitrogens is 2. The number of thiophene rings is 1. The molecule has 1 amide bonds. The molecule has 5 rings (SSSR count). The smallest absolute Gasteiger partial charge is 0.268 e. The van der Waals surface area contributed by atoms with Crippen LogP contribution in [0.2, 0.25) is 0 Å². The largest absolute Gasteiger partial charge is 0.333 e. The molecule has 2 aliphatic rings. The van der Waals surface area contributed by atoms with Crippen LogP contribution in [0.4, 0.5) is 10.1 Å². The highest BCUT2D eigenvalue weighted by Crippen LogP contribution is 2.36. The molecule has 3 heterocycles. The number of hydrogen-bond acceptors (Lipinski definition) is 5. The molecule has 5 nitrogen and oxygen atoms in total. The zero-order valence-electron chi connectivity index (χ0n) is 14.7. The average Bonchev–Trinajstić information content (AvgIpc) is 3.39. The molecular formula is C20H18FN3O2S. The van der Waals surface area contributed by atoms with Gasteiger partial charge in [0.25, 0.3) is 5.89 Å². The van der Waals surface area contributed by atoms with Crippen LogP contribution in [0.5, 0.6) is 0 Å².